The van der Waals surface area contributed by atoms with Crippen molar-refractivity contribution in [2.24, 2.45) is 0 Å². The largest absolute Gasteiger partial charge is 0.367 e. The normalized spacial score (nSPS) is 17.9. The standard InChI is InChI=1S/C20H32FN5O.2ClH/c1-2-24-12-14-26(15-13-24)19-5-4-17(16-18(19)21)20(27)23-6-3-9-25-10-7-22-8-11-25;;/h4-5,16,22H,2-3,6-15H2,1H3,(H,23,27);2*1H. The van der Waals surface area contributed by atoms with Gasteiger partial charge >= 0.3 is 0 Å². The Morgan fingerprint density at radius 2 is 1.76 bits per heavy atom. The monoisotopic (exact) mass is 449 g/mol. The van der Waals surface area contributed by atoms with E-state index in [4.69, 9.17) is 0 Å². The minimum atomic E-state index is -0.312. The van der Waals surface area contributed by atoms with Crippen LogP contribution < -0.4 is 15.5 Å². The molecule has 0 atom stereocenters. The molecule has 2 fully saturated rings. The van der Waals surface area contributed by atoms with Gasteiger partial charge in [-0.2, -0.15) is 0 Å². The van der Waals surface area contributed by atoms with Gasteiger partial charge in [0.25, 0.3) is 5.91 Å². The zero-order valence-electron chi connectivity index (χ0n) is 17.2. The van der Waals surface area contributed by atoms with Gasteiger partial charge in [0, 0.05) is 64.5 Å². The smallest absolute Gasteiger partial charge is 0.251 e. The van der Waals surface area contributed by atoms with Crippen LogP contribution in [0.4, 0.5) is 10.1 Å². The van der Waals surface area contributed by atoms with Crippen LogP contribution in [-0.4, -0.2) is 87.7 Å². The van der Waals surface area contributed by atoms with Crippen molar-refractivity contribution in [3.8, 4) is 0 Å². The lowest BCUT2D eigenvalue weighted by Crippen LogP contribution is -2.46. The van der Waals surface area contributed by atoms with E-state index >= 15 is 0 Å². The van der Waals surface area contributed by atoms with Crippen LogP contribution >= 0.6 is 24.8 Å². The summed E-state index contributed by atoms with van der Waals surface area (Å²) in [6.07, 6.45) is 0.911. The van der Waals surface area contributed by atoms with Gasteiger partial charge in [0.15, 0.2) is 0 Å². The third-order valence-corrected chi connectivity index (χ3v) is 5.52. The topological polar surface area (TPSA) is 50.9 Å². The number of rotatable bonds is 7. The molecule has 6 nitrogen and oxygen atoms in total. The van der Waals surface area contributed by atoms with Crippen LogP contribution in [-0.2, 0) is 0 Å². The van der Waals surface area contributed by atoms with Gasteiger partial charge in [0.1, 0.15) is 5.82 Å². The van der Waals surface area contributed by atoms with E-state index in [9.17, 15) is 9.18 Å². The van der Waals surface area contributed by atoms with E-state index in [0.717, 1.165) is 71.9 Å². The van der Waals surface area contributed by atoms with E-state index in [1.165, 1.54) is 6.07 Å². The molecule has 0 unspecified atom stereocenters. The van der Waals surface area contributed by atoms with Crippen LogP contribution in [0.5, 0.6) is 0 Å². The highest BCUT2D eigenvalue weighted by Gasteiger charge is 2.19. The number of nitrogens with one attached hydrogen (secondary N) is 2. The zero-order valence-corrected chi connectivity index (χ0v) is 18.8. The maximum atomic E-state index is 14.6. The molecular weight excluding hydrogens is 416 g/mol. The van der Waals surface area contributed by atoms with Crippen molar-refractivity contribution in [2.45, 2.75) is 13.3 Å². The summed E-state index contributed by atoms with van der Waals surface area (Å²) < 4.78 is 14.6. The van der Waals surface area contributed by atoms with E-state index in [-0.39, 0.29) is 36.5 Å². The lowest BCUT2D eigenvalue weighted by molar-refractivity contribution is 0.0951. The zero-order chi connectivity index (χ0) is 19.1. The van der Waals surface area contributed by atoms with Gasteiger partial charge in [-0.15, -0.1) is 24.8 Å². The highest BCUT2D eigenvalue weighted by atomic mass is 35.5. The van der Waals surface area contributed by atoms with E-state index < -0.39 is 0 Å². The predicted octanol–water partition coefficient (Wildman–Crippen LogP) is 1.84. The molecule has 1 aromatic carbocycles. The number of halogens is 3. The van der Waals surface area contributed by atoms with Crippen molar-refractivity contribution in [3.63, 3.8) is 0 Å². The maximum absolute atomic E-state index is 14.6. The molecule has 1 amide bonds. The SMILES string of the molecule is CCN1CCN(c2ccc(C(=O)NCCCN3CCNCC3)cc2F)CC1.Cl.Cl. The Kier molecular flexibility index (Phi) is 11.8. The second-order valence-electron chi connectivity index (χ2n) is 7.29. The molecule has 3 rings (SSSR count). The Balaban J connectivity index is 0.00000210. The number of carbonyl (C=O) groups is 1. The number of hydrogen-bond donors (Lipinski definition) is 2. The summed E-state index contributed by atoms with van der Waals surface area (Å²) in [7, 11) is 0. The van der Waals surface area contributed by atoms with Crippen LogP contribution in [0.15, 0.2) is 18.2 Å². The highest BCUT2D eigenvalue weighted by molar-refractivity contribution is 5.94. The number of piperazine rings is 2. The van der Waals surface area contributed by atoms with E-state index in [0.29, 0.717) is 17.8 Å². The number of likely N-dealkylation sites (N-methyl/N-ethyl adjacent to an activating group) is 1. The van der Waals surface area contributed by atoms with Crippen molar-refractivity contribution in [1.82, 2.24) is 20.4 Å². The number of carbonyl (C=O) groups excluding carboxylic acids is 1. The average Bonchev–Trinajstić information content (AvgIpc) is 2.72. The molecule has 2 aliphatic rings. The van der Waals surface area contributed by atoms with Crippen LogP contribution in [0.1, 0.15) is 23.7 Å². The molecular formula is C20H34Cl2FN5O. The first-order chi connectivity index (χ1) is 13.2. The van der Waals surface area contributed by atoms with Gasteiger partial charge in [-0.1, -0.05) is 6.92 Å². The van der Waals surface area contributed by atoms with Crippen LogP contribution in [0.3, 0.4) is 0 Å². The van der Waals surface area contributed by atoms with Gasteiger partial charge in [-0.3, -0.25) is 4.79 Å². The van der Waals surface area contributed by atoms with Crippen molar-refractivity contribution in [2.75, 3.05) is 76.9 Å². The summed E-state index contributed by atoms with van der Waals surface area (Å²) in [6.45, 7) is 12.5. The number of amides is 1. The Morgan fingerprint density at radius 3 is 2.38 bits per heavy atom. The fourth-order valence-electron chi connectivity index (χ4n) is 3.75. The maximum Gasteiger partial charge on any atom is 0.251 e. The molecule has 2 aliphatic heterocycles. The predicted molar refractivity (Wildman–Crippen MR) is 121 cm³/mol. The van der Waals surface area contributed by atoms with Gasteiger partial charge in [-0.05, 0) is 37.7 Å². The van der Waals surface area contributed by atoms with Crippen LogP contribution in [0.2, 0.25) is 0 Å². The minimum Gasteiger partial charge on any atom is -0.367 e. The molecule has 0 aromatic heterocycles. The van der Waals surface area contributed by atoms with Gasteiger partial charge in [0.05, 0.1) is 5.69 Å². The summed E-state index contributed by atoms with van der Waals surface area (Å²) in [5.41, 5.74) is 0.992. The molecule has 166 valence electrons. The molecule has 0 spiro atoms. The molecule has 2 saturated heterocycles. The van der Waals surface area contributed by atoms with Crippen LogP contribution in [0.25, 0.3) is 0 Å². The second-order valence-corrected chi connectivity index (χ2v) is 7.29. The van der Waals surface area contributed by atoms with Crippen molar-refractivity contribution in [3.05, 3.63) is 29.6 Å². The third-order valence-electron chi connectivity index (χ3n) is 5.52. The van der Waals surface area contributed by atoms with Crippen molar-refractivity contribution in [1.29, 1.82) is 0 Å². The lowest BCUT2D eigenvalue weighted by Gasteiger charge is -2.35. The number of anilines is 1. The first-order valence-corrected chi connectivity index (χ1v) is 10.2. The van der Waals surface area contributed by atoms with Gasteiger partial charge < -0.3 is 25.3 Å². The quantitative estimate of drug-likeness (QED) is 0.621. The summed E-state index contributed by atoms with van der Waals surface area (Å²) >= 11 is 0. The first-order valence-electron chi connectivity index (χ1n) is 10.2. The molecule has 2 heterocycles. The summed E-state index contributed by atoms with van der Waals surface area (Å²) in [4.78, 5) is 19.1. The molecule has 29 heavy (non-hydrogen) atoms. The molecule has 0 radical (unpaired) electrons. The summed E-state index contributed by atoms with van der Waals surface area (Å²) in [5, 5.41) is 6.24. The Morgan fingerprint density at radius 1 is 1.07 bits per heavy atom. The fraction of sp³-hybridized carbons (Fsp3) is 0.650. The van der Waals surface area contributed by atoms with E-state index in [1.54, 1.807) is 12.1 Å². The Labute approximate surface area is 186 Å². The Bertz CT molecular complexity index is 623. The summed E-state index contributed by atoms with van der Waals surface area (Å²) in [6, 6.07) is 4.84. The molecule has 0 saturated carbocycles. The van der Waals surface area contributed by atoms with Crippen molar-refractivity contribution < 1.29 is 9.18 Å². The molecule has 1 aromatic rings. The first kappa shape index (κ1) is 25.9. The van der Waals surface area contributed by atoms with E-state index in [1.807, 2.05) is 0 Å². The van der Waals surface area contributed by atoms with E-state index in [2.05, 4.69) is 32.3 Å². The minimum absolute atomic E-state index is 0. The molecule has 9 heteroatoms. The molecule has 0 aliphatic carbocycles. The highest BCUT2D eigenvalue weighted by Crippen LogP contribution is 2.22. The average molecular weight is 450 g/mol. The fourth-order valence-corrected chi connectivity index (χ4v) is 3.75. The van der Waals surface area contributed by atoms with Crippen molar-refractivity contribution >= 4 is 36.4 Å². The molecule has 0 bridgehead atoms. The van der Waals surface area contributed by atoms with Crippen LogP contribution in [0, 0.1) is 5.82 Å². The number of benzene rings is 1. The number of hydrogen-bond acceptors (Lipinski definition) is 5. The second kappa shape index (κ2) is 13.2. The lowest BCUT2D eigenvalue weighted by atomic mass is 10.1. The number of nitrogens with zero attached hydrogens (tertiary/aromatic N) is 3. The summed E-state index contributed by atoms with van der Waals surface area (Å²) in [5.74, 6) is -0.509. The van der Waals surface area contributed by atoms with Gasteiger partial charge in [0.2, 0.25) is 0 Å². The van der Waals surface area contributed by atoms with Gasteiger partial charge in [-0.25, -0.2) is 4.39 Å². The molecule has 2 N–H and O–H groups in total. The third kappa shape index (κ3) is 7.57. The Hall–Kier alpha value is -1.12.